The fraction of sp³-hybridized carbons (Fsp3) is 0.909. The van der Waals surface area contributed by atoms with Gasteiger partial charge in [-0.15, -0.1) is 0 Å². The van der Waals surface area contributed by atoms with Crippen molar-refractivity contribution in [2.45, 2.75) is 20.3 Å². The highest BCUT2D eigenvalue weighted by molar-refractivity contribution is 5.66. The molecule has 4 heteroatoms. The van der Waals surface area contributed by atoms with E-state index in [1.807, 2.05) is 0 Å². The van der Waals surface area contributed by atoms with Crippen LogP contribution in [0.25, 0.3) is 0 Å². The van der Waals surface area contributed by atoms with Gasteiger partial charge < -0.3 is 9.59 Å². The quantitative estimate of drug-likeness (QED) is 0.614. The summed E-state index contributed by atoms with van der Waals surface area (Å²) in [6.45, 7) is 9.00. The summed E-state index contributed by atoms with van der Waals surface area (Å²) < 4.78 is 0.990. The Bertz CT molecular complexity index is 193. The van der Waals surface area contributed by atoms with E-state index in [0.717, 1.165) is 30.7 Å². The van der Waals surface area contributed by atoms with E-state index in [1.54, 1.807) is 0 Å². The number of hydrogen-bond donors (Lipinski definition) is 1. The van der Waals surface area contributed by atoms with Crippen molar-refractivity contribution in [1.82, 2.24) is 4.90 Å². The van der Waals surface area contributed by atoms with Gasteiger partial charge in [0.1, 0.15) is 0 Å². The van der Waals surface area contributed by atoms with E-state index >= 15 is 0 Å². The molecule has 0 bridgehead atoms. The van der Waals surface area contributed by atoms with Crippen LogP contribution in [-0.4, -0.2) is 67.3 Å². The van der Waals surface area contributed by atoms with Crippen molar-refractivity contribution in [1.29, 1.82) is 0 Å². The lowest BCUT2D eigenvalue weighted by molar-refractivity contribution is -0.888. The first kappa shape index (κ1) is 14.4. The van der Waals surface area contributed by atoms with Crippen molar-refractivity contribution >= 4 is 5.97 Å². The zero-order valence-electron chi connectivity index (χ0n) is 10.5. The summed E-state index contributed by atoms with van der Waals surface area (Å²) in [6, 6.07) is 0. The molecule has 0 fully saturated rings. The molecule has 90 valence electrons. The van der Waals surface area contributed by atoms with Gasteiger partial charge in [-0.2, -0.15) is 0 Å². The van der Waals surface area contributed by atoms with E-state index < -0.39 is 5.97 Å². The first-order valence-electron chi connectivity index (χ1n) is 5.67. The van der Waals surface area contributed by atoms with E-state index in [2.05, 4.69) is 32.8 Å². The maximum absolute atomic E-state index is 10.4. The van der Waals surface area contributed by atoms with Crippen molar-refractivity contribution in [3.05, 3.63) is 0 Å². The van der Waals surface area contributed by atoms with Gasteiger partial charge in [-0.3, -0.25) is 9.69 Å². The summed E-state index contributed by atoms with van der Waals surface area (Å²) in [7, 11) is 4.40. The van der Waals surface area contributed by atoms with Crippen LogP contribution >= 0.6 is 0 Å². The molecule has 0 aliphatic heterocycles. The van der Waals surface area contributed by atoms with Gasteiger partial charge in [0.2, 0.25) is 0 Å². The Morgan fingerprint density at radius 3 is 2.27 bits per heavy atom. The Morgan fingerprint density at radius 2 is 1.87 bits per heavy atom. The summed E-state index contributed by atoms with van der Waals surface area (Å²) in [5, 5.41) is 8.60. The minimum Gasteiger partial charge on any atom is -0.481 e. The molecule has 0 saturated heterocycles. The second kappa shape index (κ2) is 6.80. The normalized spacial score (nSPS) is 12.1. The molecule has 0 aromatic heterocycles. The van der Waals surface area contributed by atoms with E-state index in [0.29, 0.717) is 6.54 Å². The van der Waals surface area contributed by atoms with Crippen molar-refractivity contribution in [2.24, 2.45) is 0 Å². The fourth-order valence-electron chi connectivity index (χ4n) is 1.25. The van der Waals surface area contributed by atoms with Crippen LogP contribution in [0, 0.1) is 0 Å². The highest BCUT2D eigenvalue weighted by Crippen LogP contribution is 1.98. The van der Waals surface area contributed by atoms with E-state index in [1.165, 1.54) is 0 Å². The Hall–Kier alpha value is -0.610. The fourth-order valence-corrected chi connectivity index (χ4v) is 1.25. The lowest BCUT2D eigenvalue weighted by Crippen LogP contribution is -2.45. The number of quaternary nitrogens is 1. The standard InChI is InChI=1S/C11H24N2O2/c1-5-12(8-7-11(14)15)9-10-13(3,4)6-2/h5-10H2,1-4H3/p+1. The maximum atomic E-state index is 10.4. The van der Waals surface area contributed by atoms with Crippen molar-refractivity contribution in [3.8, 4) is 0 Å². The van der Waals surface area contributed by atoms with Crippen LogP contribution in [0.4, 0.5) is 0 Å². The average molecular weight is 217 g/mol. The molecule has 4 nitrogen and oxygen atoms in total. The Labute approximate surface area is 93.1 Å². The lowest BCUT2D eigenvalue weighted by atomic mass is 10.3. The molecular weight excluding hydrogens is 192 g/mol. The molecule has 0 amide bonds. The van der Waals surface area contributed by atoms with Crippen LogP contribution in [0.3, 0.4) is 0 Å². The molecule has 0 spiro atoms. The Balaban J connectivity index is 3.84. The lowest BCUT2D eigenvalue weighted by Gasteiger charge is -2.31. The molecule has 0 aliphatic carbocycles. The van der Waals surface area contributed by atoms with Gasteiger partial charge in [-0.05, 0) is 13.5 Å². The zero-order valence-corrected chi connectivity index (χ0v) is 10.5. The van der Waals surface area contributed by atoms with Crippen LogP contribution in [0.15, 0.2) is 0 Å². The molecular formula is C11H25N2O2+. The van der Waals surface area contributed by atoms with Gasteiger partial charge in [0.05, 0.1) is 33.6 Å². The molecule has 0 unspecified atom stereocenters. The number of carbonyl (C=O) groups is 1. The van der Waals surface area contributed by atoms with Gasteiger partial charge >= 0.3 is 5.97 Å². The summed E-state index contributed by atoms with van der Waals surface area (Å²) in [4.78, 5) is 12.6. The molecule has 0 rings (SSSR count). The van der Waals surface area contributed by atoms with Crippen molar-refractivity contribution in [3.63, 3.8) is 0 Å². The molecule has 15 heavy (non-hydrogen) atoms. The van der Waals surface area contributed by atoms with Gasteiger partial charge in [0, 0.05) is 13.1 Å². The van der Waals surface area contributed by atoms with Crippen LogP contribution in [0.5, 0.6) is 0 Å². The highest BCUT2D eigenvalue weighted by Gasteiger charge is 2.14. The maximum Gasteiger partial charge on any atom is 0.304 e. The third kappa shape index (κ3) is 7.33. The second-order valence-corrected chi connectivity index (χ2v) is 4.55. The number of rotatable bonds is 8. The predicted molar refractivity (Wildman–Crippen MR) is 61.9 cm³/mol. The molecule has 0 atom stereocenters. The molecule has 0 aliphatic rings. The summed E-state index contributed by atoms with van der Waals surface area (Å²) in [6.07, 6.45) is 0.243. The largest absolute Gasteiger partial charge is 0.481 e. The third-order valence-corrected chi connectivity index (χ3v) is 2.97. The minimum atomic E-state index is -0.710. The summed E-state index contributed by atoms with van der Waals surface area (Å²) >= 11 is 0. The molecule has 0 saturated carbocycles. The van der Waals surface area contributed by atoms with E-state index in [-0.39, 0.29) is 6.42 Å². The zero-order chi connectivity index (χ0) is 11.9. The van der Waals surface area contributed by atoms with E-state index in [4.69, 9.17) is 5.11 Å². The molecule has 0 heterocycles. The Morgan fingerprint density at radius 1 is 1.27 bits per heavy atom. The number of nitrogens with zero attached hydrogens (tertiary/aromatic N) is 2. The molecule has 0 aromatic carbocycles. The average Bonchev–Trinajstić information content (AvgIpc) is 2.18. The first-order chi connectivity index (χ1) is 6.91. The van der Waals surface area contributed by atoms with Crippen molar-refractivity contribution in [2.75, 3.05) is 46.8 Å². The summed E-state index contributed by atoms with van der Waals surface area (Å²) in [5.74, 6) is -0.710. The SMILES string of the molecule is CCN(CCC(=O)O)CC[N+](C)(C)CC. The molecule has 0 radical (unpaired) electrons. The van der Waals surface area contributed by atoms with Crippen LogP contribution in [-0.2, 0) is 4.79 Å². The van der Waals surface area contributed by atoms with Gasteiger partial charge in [-0.1, -0.05) is 6.92 Å². The smallest absolute Gasteiger partial charge is 0.304 e. The first-order valence-corrected chi connectivity index (χ1v) is 5.67. The van der Waals surface area contributed by atoms with Crippen LogP contribution < -0.4 is 0 Å². The summed E-state index contributed by atoms with van der Waals surface area (Å²) in [5.41, 5.74) is 0. The number of hydrogen-bond acceptors (Lipinski definition) is 2. The minimum absolute atomic E-state index is 0.243. The third-order valence-electron chi connectivity index (χ3n) is 2.97. The second-order valence-electron chi connectivity index (χ2n) is 4.55. The van der Waals surface area contributed by atoms with Crippen LogP contribution in [0.1, 0.15) is 20.3 Å². The molecule has 0 aromatic rings. The van der Waals surface area contributed by atoms with E-state index in [9.17, 15) is 4.79 Å². The monoisotopic (exact) mass is 217 g/mol. The van der Waals surface area contributed by atoms with Gasteiger partial charge in [0.25, 0.3) is 0 Å². The van der Waals surface area contributed by atoms with Crippen LogP contribution in [0.2, 0.25) is 0 Å². The topological polar surface area (TPSA) is 40.5 Å². The molecule has 1 N–H and O–H groups in total. The Kier molecular flexibility index (Phi) is 6.52. The highest BCUT2D eigenvalue weighted by atomic mass is 16.4. The number of likely N-dealkylation sites (N-methyl/N-ethyl adjacent to an activating group) is 2. The van der Waals surface area contributed by atoms with Crippen molar-refractivity contribution < 1.29 is 14.4 Å². The van der Waals surface area contributed by atoms with Gasteiger partial charge in [0.15, 0.2) is 0 Å². The van der Waals surface area contributed by atoms with Gasteiger partial charge in [-0.25, -0.2) is 0 Å². The number of carboxylic acids is 1. The number of carboxylic acid groups (broad SMARTS) is 1. The predicted octanol–water partition coefficient (Wildman–Crippen LogP) is 0.879. The number of aliphatic carboxylic acids is 1.